The van der Waals surface area contributed by atoms with Crippen LogP contribution in [0.2, 0.25) is 0 Å². The van der Waals surface area contributed by atoms with Crippen LogP contribution in [0.1, 0.15) is 26.3 Å². The molecule has 3 nitrogen and oxygen atoms in total. The van der Waals surface area contributed by atoms with Crippen LogP contribution in [0.4, 0.5) is 4.39 Å². The van der Waals surface area contributed by atoms with Crippen molar-refractivity contribution in [1.29, 1.82) is 0 Å². The molecule has 0 spiro atoms. The van der Waals surface area contributed by atoms with Crippen molar-refractivity contribution in [1.82, 2.24) is 0 Å². The maximum absolute atomic E-state index is 13.4. The van der Waals surface area contributed by atoms with Gasteiger partial charge in [-0.3, -0.25) is 4.79 Å². The van der Waals surface area contributed by atoms with Crippen molar-refractivity contribution in [2.75, 3.05) is 7.11 Å². The van der Waals surface area contributed by atoms with Crippen LogP contribution in [0.25, 0.3) is 0 Å². The predicted molar refractivity (Wildman–Crippen MR) is 47.9 cm³/mol. The molecule has 0 aromatic heterocycles. The zero-order valence-corrected chi connectivity index (χ0v) is 7.83. The van der Waals surface area contributed by atoms with Crippen molar-refractivity contribution in [2.24, 2.45) is 0 Å². The molecule has 74 valence electrons. The van der Waals surface area contributed by atoms with Gasteiger partial charge in [-0.05, 0) is 18.6 Å². The summed E-state index contributed by atoms with van der Waals surface area (Å²) in [5, 5.41) is 0. The normalized spacial score (nSPS) is 9.64. The van der Waals surface area contributed by atoms with Crippen LogP contribution in [0.3, 0.4) is 0 Å². The predicted octanol–water partition coefficient (Wildman–Crippen LogP) is 1.73. The summed E-state index contributed by atoms with van der Waals surface area (Å²) in [6.07, 6.45) is 0.362. The Hall–Kier alpha value is -1.71. The topological polar surface area (TPSA) is 43.4 Å². The molecule has 0 bridgehead atoms. The van der Waals surface area contributed by atoms with Gasteiger partial charge < -0.3 is 4.74 Å². The molecule has 0 aliphatic heterocycles. The first-order valence-corrected chi connectivity index (χ1v) is 3.94. The number of hydrogen-bond donors (Lipinski definition) is 0. The highest BCUT2D eigenvalue weighted by Crippen LogP contribution is 2.17. The van der Waals surface area contributed by atoms with Crippen LogP contribution in [-0.2, 0) is 4.74 Å². The molecule has 0 atom stereocenters. The van der Waals surface area contributed by atoms with E-state index >= 15 is 0 Å². The number of carbonyl (C=O) groups is 2. The maximum Gasteiger partial charge on any atom is 0.341 e. The van der Waals surface area contributed by atoms with Crippen LogP contribution < -0.4 is 0 Å². The van der Waals surface area contributed by atoms with Crippen molar-refractivity contribution in [3.63, 3.8) is 0 Å². The van der Waals surface area contributed by atoms with E-state index in [1.54, 1.807) is 6.92 Å². The lowest BCUT2D eigenvalue weighted by molar-refractivity contribution is 0.0594. The summed E-state index contributed by atoms with van der Waals surface area (Å²) >= 11 is 0. The molecular weight excluding hydrogens is 187 g/mol. The fourth-order valence-electron chi connectivity index (χ4n) is 1.13. The van der Waals surface area contributed by atoms with Gasteiger partial charge in [-0.1, -0.05) is 6.07 Å². The Bertz CT molecular complexity index is 385. The van der Waals surface area contributed by atoms with Gasteiger partial charge in [0.15, 0.2) is 6.29 Å². The Labute approximate surface area is 80.5 Å². The number of ether oxygens (including phenoxy) is 1. The zero-order valence-electron chi connectivity index (χ0n) is 7.83. The second kappa shape index (κ2) is 4.00. The van der Waals surface area contributed by atoms with Crippen molar-refractivity contribution in [2.45, 2.75) is 6.92 Å². The van der Waals surface area contributed by atoms with Gasteiger partial charge in [0.1, 0.15) is 5.82 Å². The molecule has 1 aromatic carbocycles. The van der Waals surface area contributed by atoms with Crippen molar-refractivity contribution >= 4 is 12.3 Å². The third-order valence-corrected chi connectivity index (χ3v) is 1.90. The molecular formula is C10H9FO3. The molecule has 14 heavy (non-hydrogen) atoms. The number of carbonyl (C=O) groups excluding carboxylic acids is 2. The first-order valence-electron chi connectivity index (χ1n) is 3.94. The van der Waals surface area contributed by atoms with Crippen LogP contribution >= 0.6 is 0 Å². The van der Waals surface area contributed by atoms with Crippen LogP contribution in [0.5, 0.6) is 0 Å². The molecule has 0 saturated carbocycles. The number of aldehydes is 1. The maximum atomic E-state index is 13.4. The van der Waals surface area contributed by atoms with Gasteiger partial charge in [-0.25, -0.2) is 9.18 Å². The Morgan fingerprint density at radius 1 is 1.50 bits per heavy atom. The third kappa shape index (κ3) is 1.64. The van der Waals surface area contributed by atoms with Gasteiger partial charge >= 0.3 is 5.97 Å². The van der Waals surface area contributed by atoms with Gasteiger partial charge in [0.05, 0.1) is 18.2 Å². The molecule has 4 heteroatoms. The van der Waals surface area contributed by atoms with E-state index in [0.29, 0.717) is 11.8 Å². The number of benzene rings is 1. The second-order valence-electron chi connectivity index (χ2n) is 2.77. The number of halogens is 1. The van der Waals surface area contributed by atoms with Crippen LogP contribution in [0, 0.1) is 12.7 Å². The molecule has 0 amide bonds. The molecule has 0 fully saturated rings. The quantitative estimate of drug-likeness (QED) is 0.534. The van der Waals surface area contributed by atoms with Crippen molar-refractivity contribution in [3.05, 3.63) is 34.6 Å². The zero-order chi connectivity index (χ0) is 10.7. The summed E-state index contributed by atoms with van der Waals surface area (Å²) < 4.78 is 17.8. The molecule has 1 aromatic rings. The smallest absolute Gasteiger partial charge is 0.341 e. The van der Waals surface area contributed by atoms with E-state index in [9.17, 15) is 14.0 Å². The van der Waals surface area contributed by atoms with Gasteiger partial charge in [-0.2, -0.15) is 0 Å². The summed E-state index contributed by atoms with van der Waals surface area (Å²) in [7, 11) is 1.16. The number of hydrogen-bond acceptors (Lipinski definition) is 3. The van der Waals surface area contributed by atoms with Gasteiger partial charge in [0.2, 0.25) is 0 Å². The molecule has 0 aliphatic rings. The lowest BCUT2D eigenvalue weighted by Gasteiger charge is -2.06. The average molecular weight is 196 g/mol. The number of aryl methyl sites for hydroxylation is 1. The van der Waals surface area contributed by atoms with E-state index < -0.39 is 11.8 Å². The fourth-order valence-corrected chi connectivity index (χ4v) is 1.13. The van der Waals surface area contributed by atoms with Crippen LogP contribution in [-0.4, -0.2) is 19.4 Å². The highest BCUT2D eigenvalue weighted by Gasteiger charge is 2.17. The molecule has 0 aliphatic carbocycles. The Morgan fingerprint density at radius 2 is 2.14 bits per heavy atom. The molecule has 0 N–H and O–H groups in total. The summed E-state index contributed by atoms with van der Waals surface area (Å²) in [6, 6.07) is 2.82. The number of esters is 1. The van der Waals surface area contributed by atoms with E-state index in [1.807, 2.05) is 0 Å². The Kier molecular flexibility index (Phi) is 2.96. The van der Waals surface area contributed by atoms with E-state index in [0.717, 1.165) is 7.11 Å². The van der Waals surface area contributed by atoms with E-state index in [-0.39, 0.29) is 11.1 Å². The minimum absolute atomic E-state index is 0.143. The average Bonchev–Trinajstić information content (AvgIpc) is 2.18. The highest BCUT2D eigenvalue weighted by atomic mass is 19.1. The van der Waals surface area contributed by atoms with E-state index in [4.69, 9.17) is 0 Å². The highest BCUT2D eigenvalue weighted by molar-refractivity contribution is 5.93. The molecule has 0 saturated heterocycles. The summed E-state index contributed by atoms with van der Waals surface area (Å²) in [5.41, 5.74) is 0.119. The number of methoxy groups -OCH3 is 1. The van der Waals surface area contributed by atoms with E-state index in [2.05, 4.69) is 4.74 Å². The van der Waals surface area contributed by atoms with Gasteiger partial charge in [-0.15, -0.1) is 0 Å². The molecule has 0 heterocycles. The Balaban J connectivity index is 3.39. The summed E-state index contributed by atoms with van der Waals surface area (Å²) in [6.45, 7) is 1.57. The lowest BCUT2D eigenvalue weighted by atomic mass is 10.0. The SMILES string of the molecule is COC(=O)c1c(C)ccc(C=O)c1F. The second-order valence-corrected chi connectivity index (χ2v) is 2.77. The number of rotatable bonds is 2. The third-order valence-electron chi connectivity index (χ3n) is 1.90. The first kappa shape index (κ1) is 10.4. The van der Waals surface area contributed by atoms with Crippen LogP contribution in [0.15, 0.2) is 12.1 Å². The molecule has 0 unspecified atom stereocenters. The monoisotopic (exact) mass is 196 g/mol. The van der Waals surface area contributed by atoms with Crippen molar-refractivity contribution in [3.8, 4) is 0 Å². The van der Waals surface area contributed by atoms with Crippen molar-refractivity contribution < 1.29 is 18.7 Å². The minimum atomic E-state index is -0.827. The fraction of sp³-hybridized carbons (Fsp3) is 0.200. The minimum Gasteiger partial charge on any atom is -0.465 e. The largest absolute Gasteiger partial charge is 0.465 e. The van der Waals surface area contributed by atoms with E-state index in [1.165, 1.54) is 12.1 Å². The lowest BCUT2D eigenvalue weighted by Crippen LogP contribution is -2.09. The first-order chi connectivity index (χ1) is 6.61. The molecule has 1 rings (SSSR count). The van der Waals surface area contributed by atoms with Gasteiger partial charge in [0.25, 0.3) is 0 Å². The summed E-state index contributed by atoms with van der Waals surface area (Å²) in [4.78, 5) is 21.6. The standard InChI is InChI=1S/C10H9FO3/c1-6-3-4-7(5-12)9(11)8(6)10(13)14-2/h3-5H,1-2H3. The molecule has 0 radical (unpaired) electrons. The van der Waals surface area contributed by atoms with Gasteiger partial charge in [0, 0.05) is 0 Å². The summed E-state index contributed by atoms with van der Waals surface area (Å²) in [5.74, 6) is -1.60. The Morgan fingerprint density at radius 3 is 2.64 bits per heavy atom.